The number of halogens is 1. The average molecular weight is 333 g/mol. The molecular weight excluding hydrogens is 313 g/mol. The van der Waals surface area contributed by atoms with E-state index in [4.69, 9.17) is 4.74 Å². The Kier molecular flexibility index (Phi) is 5.28. The van der Waals surface area contributed by atoms with Gasteiger partial charge in [-0.3, -0.25) is 4.79 Å². The lowest BCUT2D eigenvalue weighted by atomic mass is 10.2. The average Bonchev–Trinajstić information content (AvgIpc) is 2.87. The summed E-state index contributed by atoms with van der Waals surface area (Å²) in [5.74, 6) is 0.473. The predicted octanol–water partition coefficient (Wildman–Crippen LogP) is 4.48. The molecule has 0 atom stereocenters. The van der Waals surface area contributed by atoms with Crippen molar-refractivity contribution in [1.82, 2.24) is 4.90 Å². The van der Waals surface area contributed by atoms with Crippen LogP contribution < -0.4 is 4.74 Å². The number of likely N-dealkylation sites (tertiary alicyclic amines) is 1. The Morgan fingerprint density at radius 2 is 1.83 bits per heavy atom. The second kappa shape index (κ2) is 7.59. The van der Waals surface area contributed by atoms with Crippen LogP contribution in [0.3, 0.4) is 0 Å². The van der Waals surface area contributed by atoms with Gasteiger partial charge in [0.1, 0.15) is 18.2 Å². The van der Waals surface area contributed by atoms with Crippen LogP contribution >= 0.6 is 11.3 Å². The number of hydrogen-bond donors (Lipinski definition) is 0. The maximum Gasteiger partial charge on any atom is 0.263 e. The van der Waals surface area contributed by atoms with Gasteiger partial charge in [0.05, 0.1) is 4.88 Å². The molecule has 5 heteroatoms. The molecule has 122 valence electrons. The van der Waals surface area contributed by atoms with Crippen molar-refractivity contribution in [1.29, 1.82) is 0 Å². The monoisotopic (exact) mass is 333 g/mol. The van der Waals surface area contributed by atoms with Gasteiger partial charge >= 0.3 is 0 Å². The molecule has 0 saturated carbocycles. The van der Waals surface area contributed by atoms with Crippen molar-refractivity contribution < 1.29 is 13.9 Å². The largest absolute Gasteiger partial charge is 0.489 e. The SMILES string of the molecule is O=C(c1cc(COc2ccc(F)cc2)cs1)N1CCCCCC1. The number of rotatable bonds is 4. The minimum atomic E-state index is -0.279. The third kappa shape index (κ3) is 4.32. The fourth-order valence-corrected chi connectivity index (χ4v) is 3.55. The number of carbonyl (C=O) groups is 1. The summed E-state index contributed by atoms with van der Waals surface area (Å²) in [6.45, 7) is 2.10. The molecule has 0 aliphatic carbocycles. The van der Waals surface area contributed by atoms with Crippen LogP contribution in [0.4, 0.5) is 4.39 Å². The highest BCUT2D eigenvalue weighted by Gasteiger charge is 2.18. The molecule has 1 amide bonds. The fraction of sp³-hybridized carbons (Fsp3) is 0.389. The molecule has 3 rings (SSSR count). The molecule has 1 aromatic heterocycles. The first-order valence-electron chi connectivity index (χ1n) is 7.97. The first kappa shape index (κ1) is 16.0. The van der Waals surface area contributed by atoms with E-state index >= 15 is 0 Å². The lowest BCUT2D eigenvalue weighted by Gasteiger charge is -2.19. The first-order valence-corrected chi connectivity index (χ1v) is 8.85. The molecule has 0 spiro atoms. The predicted molar refractivity (Wildman–Crippen MR) is 89.4 cm³/mol. The zero-order valence-electron chi connectivity index (χ0n) is 13.0. The third-order valence-electron chi connectivity index (χ3n) is 3.98. The van der Waals surface area contributed by atoms with Gasteiger partial charge in [-0.1, -0.05) is 12.8 Å². The topological polar surface area (TPSA) is 29.5 Å². The number of benzene rings is 1. The Balaban J connectivity index is 1.58. The van der Waals surface area contributed by atoms with E-state index in [1.54, 1.807) is 12.1 Å². The number of ether oxygens (including phenoxy) is 1. The molecule has 0 unspecified atom stereocenters. The number of hydrogen-bond acceptors (Lipinski definition) is 3. The number of nitrogens with zero attached hydrogens (tertiary/aromatic N) is 1. The highest BCUT2D eigenvalue weighted by molar-refractivity contribution is 7.12. The van der Waals surface area contributed by atoms with Crippen LogP contribution in [-0.4, -0.2) is 23.9 Å². The van der Waals surface area contributed by atoms with Crippen LogP contribution in [0.25, 0.3) is 0 Å². The summed E-state index contributed by atoms with van der Waals surface area (Å²) in [6, 6.07) is 7.85. The number of thiophene rings is 1. The van der Waals surface area contributed by atoms with E-state index in [1.165, 1.54) is 36.3 Å². The Hall–Kier alpha value is -1.88. The summed E-state index contributed by atoms with van der Waals surface area (Å²) >= 11 is 1.46. The van der Waals surface area contributed by atoms with Gasteiger partial charge in [-0.05, 0) is 48.6 Å². The van der Waals surface area contributed by atoms with E-state index in [0.717, 1.165) is 36.4 Å². The van der Waals surface area contributed by atoms with E-state index in [9.17, 15) is 9.18 Å². The maximum atomic E-state index is 12.9. The molecular formula is C18H20FNO2S. The van der Waals surface area contributed by atoms with Crippen molar-refractivity contribution in [2.75, 3.05) is 13.1 Å². The quantitative estimate of drug-likeness (QED) is 0.825. The second-order valence-corrected chi connectivity index (χ2v) is 6.68. The highest BCUT2D eigenvalue weighted by atomic mass is 32.1. The molecule has 1 fully saturated rings. The number of carbonyl (C=O) groups excluding carboxylic acids is 1. The summed E-state index contributed by atoms with van der Waals surface area (Å²) < 4.78 is 18.5. The molecule has 3 nitrogen and oxygen atoms in total. The van der Waals surface area contributed by atoms with Gasteiger partial charge in [0.25, 0.3) is 5.91 Å². The van der Waals surface area contributed by atoms with Gasteiger partial charge in [0, 0.05) is 18.7 Å². The second-order valence-electron chi connectivity index (χ2n) is 5.77. The standard InChI is InChI=1S/C18H20FNO2S/c19-15-5-7-16(8-6-15)22-12-14-11-17(23-13-14)18(21)20-9-3-1-2-4-10-20/h5-8,11,13H,1-4,9-10,12H2. The minimum absolute atomic E-state index is 0.130. The molecule has 23 heavy (non-hydrogen) atoms. The molecule has 0 bridgehead atoms. The maximum absolute atomic E-state index is 12.9. The molecule has 0 radical (unpaired) electrons. The van der Waals surface area contributed by atoms with Crippen LogP contribution in [0.1, 0.15) is 40.9 Å². The molecule has 1 aromatic carbocycles. The third-order valence-corrected chi connectivity index (χ3v) is 4.94. The van der Waals surface area contributed by atoms with Crippen molar-refractivity contribution in [2.45, 2.75) is 32.3 Å². The molecule has 1 aliphatic rings. The molecule has 2 heterocycles. The van der Waals surface area contributed by atoms with E-state index in [-0.39, 0.29) is 11.7 Å². The normalized spacial score (nSPS) is 15.3. The van der Waals surface area contributed by atoms with Crippen LogP contribution in [0, 0.1) is 5.82 Å². The van der Waals surface area contributed by atoms with Gasteiger partial charge in [0.2, 0.25) is 0 Å². The fourth-order valence-electron chi connectivity index (χ4n) is 2.69. The van der Waals surface area contributed by atoms with Crippen molar-refractivity contribution in [2.24, 2.45) is 0 Å². The lowest BCUT2D eigenvalue weighted by molar-refractivity contribution is 0.0766. The van der Waals surface area contributed by atoms with Crippen molar-refractivity contribution in [3.63, 3.8) is 0 Å². The van der Waals surface area contributed by atoms with Gasteiger partial charge in [-0.2, -0.15) is 0 Å². The summed E-state index contributed by atoms with van der Waals surface area (Å²) in [7, 11) is 0. The Bertz CT molecular complexity index is 645. The van der Waals surface area contributed by atoms with Crippen LogP contribution in [0.15, 0.2) is 35.7 Å². The van der Waals surface area contributed by atoms with E-state index in [2.05, 4.69) is 0 Å². The molecule has 1 saturated heterocycles. The highest BCUT2D eigenvalue weighted by Crippen LogP contribution is 2.21. The van der Waals surface area contributed by atoms with Gasteiger partial charge in [-0.15, -0.1) is 11.3 Å². The summed E-state index contributed by atoms with van der Waals surface area (Å²) in [6.07, 6.45) is 4.62. The molecule has 2 aromatic rings. The summed E-state index contributed by atoms with van der Waals surface area (Å²) in [5.41, 5.74) is 0.970. The minimum Gasteiger partial charge on any atom is -0.489 e. The van der Waals surface area contributed by atoms with E-state index in [1.807, 2.05) is 16.3 Å². The van der Waals surface area contributed by atoms with Crippen molar-refractivity contribution in [3.8, 4) is 5.75 Å². The van der Waals surface area contributed by atoms with Crippen LogP contribution in [-0.2, 0) is 6.61 Å². The van der Waals surface area contributed by atoms with E-state index in [0.29, 0.717) is 12.4 Å². The van der Waals surface area contributed by atoms with Gasteiger partial charge in [0.15, 0.2) is 0 Å². The van der Waals surface area contributed by atoms with Crippen molar-refractivity contribution in [3.05, 3.63) is 52.0 Å². The summed E-state index contributed by atoms with van der Waals surface area (Å²) in [5, 5.41) is 1.95. The van der Waals surface area contributed by atoms with Crippen molar-refractivity contribution >= 4 is 17.2 Å². The lowest BCUT2D eigenvalue weighted by Crippen LogP contribution is -2.31. The summed E-state index contributed by atoms with van der Waals surface area (Å²) in [4.78, 5) is 15.3. The Morgan fingerprint density at radius 1 is 1.13 bits per heavy atom. The zero-order valence-corrected chi connectivity index (χ0v) is 13.8. The van der Waals surface area contributed by atoms with Crippen LogP contribution in [0.5, 0.6) is 5.75 Å². The van der Waals surface area contributed by atoms with Crippen LogP contribution in [0.2, 0.25) is 0 Å². The first-order chi connectivity index (χ1) is 11.2. The number of amides is 1. The van der Waals surface area contributed by atoms with Gasteiger partial charge < -0.3 is 9.64 Å². The Labute approximate surface area is 139 Å². The zero-order chi connectivity index (χ0) is 16.1. The molecule has 1 aliphatic heterocycles. The van der Waals surface area contributed by atoms with Gasteiger partial charge in [-0.25, -0.2) is 4.39 Å². The molecule has 0 N–H and O–H groups in total. The smallest absolute Gasteiger partial charge is 0.263 e. The Morgan fingerprint density at radius 3 is 2.52 bits per heavy atom. The van der Waals surface area contributed by atoms with E-state index < -0.39 is 0 Å².